The number of carbonyl (C=O) groups is 2. The normalized spacial score (nSPS) is 11.6. The summed E-state index contributed by atoms with van der Waals surface area (Å²) in [6.45, 7) is 1.63. The Morgan fingerprint density at radius 1 is 1.08 bits per heavy atom. The van der Waals surface area contributed by atoms with Crippen LogP contribution in [0.4, 0.5) is 14.5 Å². The molecule has 2 N–H and O–H groups in total. The van der Waals surface area contributed by atoms with E-state index < -0.39 is 45.1 Å². The highest BCUT2D eigenvalue weighted by atomic mass is 35.5. The first-order valence-electron chi connectivity index (χ1n) is 11.0. The van der Waals surface area contributed by atoms with Gasteiger partial charge in [0.25, 0.3) is 0 Å². The van der Waals surface area contributed by atoms with Crippen molar-refractivity contribution < 1.29 is 26.8 Å². The number of H-pyrrole nitrogens is 1. The second kappa shape index (κ2) is 10.6. The maximum Gasteiger partial charge on any atom is 0.232 e. The Labute approximate surface area is 220 Å². The van der Waals surface area contributed by atoms with Crippen molar-refractivity contribution in [1.29, 1.82) is 0 Å². The molecule has 37 heavy (non-hydrogen) atoms. The molecule has 12 heteroatoms. The van der Waals surface area contributed by atoms with Crippen molar-refractivity contribution in [3.63, 3.8) is 0 Å². The van der Waals surface area contributed by atoms with Crippen molar-refractivity contribution in [2.24, 2.45) is 0 Å². The number of fused-ring (bicyclic) bond motifs is 1. The molecule has 0 radical (unpaired) electrons. The Bertz CT molecular complexity index is 1660. The lowest BCUT2D eigenvalue weighted by atomic mass is 9.99. The monoisotopic (exact) mass is 565 g/mol. The van der Waals surface area contributed by atoms with E-state index in [-0.39, 0.29) is 39.7 Å². The summed E-state index contributed by atoms with van der Waals surface area (Å²) in [5.74, 6) is -4.01. The first-order chi connectivity index (χ1) is 17.5. The average molecular weight is 566 g/mol. The highest BCUT2D eigenvalue weighted by molar-refractivity contribution is 7.92. The van der Waals surface area contributed by atoms with Crippen LogP contribution in [0, 0.1) is 11.6 Å². The molecule has 0 atom stereocenters. The Balaban J connectivity index is 1.64. The van der Waals surface area contributed by atoms with Gasteiger partial charge in [0.1, 0.15) is 11.5 Å². The van der Waals surface area contributed by atoms with Crippen LogP contribution < -0.4 is 4.72 Å². The lowest BCUT2D eigenvalue weighted by Gasteiger charge is -2.11. The Hall–Kier alpha value is -3.34. The Morgan fingerprint density at radius 3 is 2.54 bits per heavy atom. The smallest absolute Gasteiger partial charge is 0.232 e. The number of hydrogen-bond donors (Lipinski definition) is 2. The molecule has 0 saturated carbocycles. The fourth-order valence-electron chi connectivity index (χ4n) is 3.77. The number of pyridine rings is 1. The van der Waals surface area contributed by atoms with Crippen LogP contribution in [0.3, 0.4) is 0 Å². The second-order valence-corrected chi connectivity index (χ2v) is 10.9. The molecule has 0 unspecified atom stereocenters. The van der Waals surface area contributed by atoms with E-state index in [9.17, 15) is 22.4 Å². The number of halogens is 4. The van der Waals surface area contributed by atoms with Gasteiger partial charge < -0.3 is 4.98 Å². The molecular formula is C25H19Cl2F2N3O4S. The zero-order chi connectivity index (χ0) is 26.9. The zero-order valence-electron chi connectivity index (χ0n) is 19.2. The predicted molar refractivity (Wildman–Crippen MR) is 138 cm³/mol. The zero-order valence-corrected chi connectivity index (χ0v) is 21.6. The van der Waals surface area contributed by atoms with Crippen LogP contribution in [0.1, 0.15) is 45.2 Å². The van der Waals surface area contributed by atoms with E-state index in [1.54, 1.807) is 6.92 Å². The molecule has 0 aliphatic heterocycles. The number of nitrogens with one attached hydrogen (secondary N) is 2. The minimum absolute atomic E-state index is 0.208. The van der Waals surface area contributed by atoms with Crippen LogP contribution in [-0.2, 0) is 16.4 Å². The molecule has 2 heterocycles. The first kappa shape index (κ1) is 26.7. The topological polar surface area (TPSA) is 109 Å². The van der Waals surface area contributed by atoms with Crippen molar-refractivity contribution >= 4 is 61.5 Å². The first-order valence-corrected chi connectivity index (χ1v) is 13.4. The minimum Gasteiger partial charge on any atom is -0.345 e. The standard InChI is InChI=1S/C25H19Cl2F2N3O4S/c1-2-7-37(35,36)32-20-6-5-19(28)22(23(20)29)21(33)9-13-8-15-16(12-31-25(15)30-11-13)24(34)14-3-4-17(26)18(27)10-14/h3-6,8,10-12,32H,2,7,9H2,1H3,(H,30,31). The molecule has 4 rings (SSSR count). The van der Waals surface area contributed by atoms with Crippen molar-refractivity contribution in [1.82, 2.24) is 9.97 Å². The van der Waals surface area contributed by atoms with Crippen LogP contribution in [0.5, 0.6) is 0 Å². The third-order valence-corrected chi connectivity index (χ3v) is 7.70. The fraction of sp³-hybridized carbons (Fsp3) is 0.160. The quantitative estimate of drug-likeness (QED) is 0.243. The van der Waals surface area contributed by atoms with Gasteiger partial charge in [-0.1, -0.05) is 30.1 Å². The van der Waals surface area contributed by atoms with Gasteiger partial charge in [0.15, 0.2) is 17.4 Å². The Morgan fingerprint density at radius 2 is 1.84 bits per heavy atom. The number of nitrogens with zero attached hydrogens (tertiary/aromatic N) is 1. The summed E-state index contributed by atoms with van der Waals surface area (Å²) in [5.41, 5.74) is -0.214. The summed E-state index contributed by atoms with van der Waals surface area (Å²) in [6, 6.07) is 7.70. The molecule has 192 valence electrons. The highest BCUT2D eigenvalue weighted by Crippen LogP contribution is 2.28. The molecule has 7 nitrogen and oxygen atoms in total. The maximum atomic E-state index is 15.0. The number of carbonyl (C=O) groups excluding carboxylic acids is 2. The molecule has 0 aliphatic carbocycles. The Kier molecular flexibility index (Phi) is 7.63. The molecule has 0 bridgehead atoms. The van der Waals surface area contributed by atoms with E-state index in [0.717, 1.165) is 12.1 Å². The number of aromatic nitrogens is 2. The van der Waals surface area contributed by atoms with E-state index in [2.05, 4.69) is 9.97 Å². The highest BCUT2D eigenvalue weighted by Gasteiger charge is 2.24. The summed E-state index contributed by atoms with van der Waals surface area (Å²) < 4.78 is 55.6. The predicted octanol–water partition coefficient (Wildman–Crippen LogP) is 5.96. The third kappa shape index (κ3) is 5.66. The molecule has 0 aliphatic rings. The number of benzene rings is 2. The molecule has 2 aromatic carbocycles. The number of Topliss-reactive ketones (excluding diaryl/α,β-unsaturated/α-hetero) is 1. The van der Waals surface area contributed by atoms with Crippen LogP contribution in [0.15, 0.2) is 48.8 Å². The molecule has 0 fully saturated rings. The number of rotatable bonds is 9. The minimum atomic E-state index is -3.87. The van der Waals surface area contributed by atoms with Gasteiger partial charge in [-0.05, 0) is 48.4 Å². The van der Waals surface area contributed by atoms with E-state index in [1.165, 1.54) is 36.7 Å². The summed E-state index contributed by atoms with van der Waals surface area (Å²) in [4.78, 5) is 33.0. The van der Waals surface area contributed by atoms with E-state index in [0.29, 0.717) is 16.1 Å². The van der Waals surface area contributed by atoms with Gasteiger partial charge in [0, 0.05) is 35.3 Å². The number of ketones is 2. The summed E-state index contributed by atoms with van der Waals surface area (Å²) in [7, 11) is -3.87. The molecular weight excluding hydrogens is 547 g/mol. The van der Waals surface area contributed by atoms with Gasteiger partial charge >= 0.3 is 0 Å². The van der Waals surface area contributed by atoms with Gasteiger partial charge in [-0.25, -0.2) is 22.2 Å². The van der Waals surface area contributed by atoms with E-state index >= 15 is 4.39 Å². The number of anilines is 1. The molecule has 0 amide bonds. The van der Waals surface area contributed by atoms with E-state index in [1.807, 2.05) is 4.72 Å². The summed E-state index contributed by atoms with van der Waals surface area (Å²) in [6.07, 6.45) is 2.63. The molecule has 4 aromatic rings. The van der Waals surface area contributed by atoms with Gasteiger partial charge in [-0.15, -0.1) is 0 Å². The van der Waals surface area contributed by atoms with Crippen molar-refractivity contribution in [2.45, 2.75) is 19.8 Å². The molecule has 0 spiro atoms. The maximum absolute atomic E-state index is 15.0. The van der Waals surface area contributed by atoms with Crippen molar-refractivity contribution in [2.75, 3.05) is 10.5 Å². The number of aromatic amines is 1. The summed E-state index contributed by atoms with van der Waals surface area (Å²) >= 11 is 11.9. The van der Waals surface area contributed by atoms with E-state index in [4.69, 9.17) is 23.2 Å². The molecule has 0 saturated heterocycles. The molecule has 2 aromatic heterocycles. The van der Waals surface area contributed by atoms with Gasteiger partial charge in [0.05, 0.1) is 27.0 Å². The van der Waals surface area contributed by atoms with Crippen LogP contribution in [0.25, 0.3) is 11.0 Å². The lowest BCUT2D eigenvalue weighted by molar-refractivity contribution is 0.0984. The van der Waals surface area contributed by atoms with Crippen molar-refractivity contribution in [3.05, 3.63) is 92.7 Å². The number of hydrogen-bond acceptors (Lipinski definition) is 5. The van der Waals surface area contributed by atoms with Gasteiger partial charge in [0.2, 0.25) is 10.0 Å². The lowest BCUT2D eigenvalue weighted by Crippen LogP contribution is -2.19. The van der Waals surface area contributed by atoms with Crippen molar-refractivity contribution in [3.8, 4) is 0 Å². The van der Waals surface area contributed by atoms with Crippen LogP contribution in [0.2, 0.25) is 10.0 Å². The largest absolute Gasteiger partial charge is 0.345 e. The fourth-order valence-corrected chi connectivity index (χ4v) is 5.20. The second-order valence-electron chi connectivity index (χ2n) is 8.20. The average Bonchev–Trinajstić information content (AvgIpc) is 3.25. The SMILES string of the molecule is CCCS(=O)(=O)Nc1ccc(F)c(C(=O)Cc2cnc3[nH]cc(C(=O)c4ccc(Cl)c(Cl)c4)c3c2)c1F. The number of sulfonamides is 1. The third-order valence-electron chi connectivity index (χ3n) is 5.49. The summed E-state index contributed by atoms with van der Waals surface area (Å²) in [5, 5.41) is 0.893. The van der Waals surface area contributed by atoms with Crippen LogP contribution in [-0.4, -0.2) is 35.7 Å². The van der Waals surface area contributed by atoms with Gasteiger partial charge in [-0.2, -0.15) is 0 Å². The van der Waals surface area contributed by atoms with Gasteiger partial charge in [-0.3, -0.25) is 14.3 Å². The van der Waals surface area contributed by atoms with Crippen LogP contribution >= 0.6 is 23.2 Å².